The van der Waals surface area contributed by atoms with Crippen LogP contribution < -0.4 is 9.62 Å². The van der Waals surface area contributed by atoms with E-state index in [4.69, 9.17) is 11.6 Å². The first-order valence-corrected chi connectivity index (χ1v) is 10.2. The fraction of sp³-hybridized carbons (Fsp3) is 0.333. The van der Waals surface area contributed by atoms with E-state index < -0.39 is 20.9 Å². The van der Waals surface area contributed by atoms with E-state index in [0.717, 1.165) is 0 Å². The summed E-state index contributed by atoms with van der Waals surface area (Å²) < 4.78 is 26.2. The molecule has 0 aliphatic carbocycles. The normalized spacial score (nSPS) is 14.0. The highest BCUT2D eigenvalue weighted by molar-refractivity contribution is 7.90. The van der Waals surface area contributed by atoms with Crippen molar-refractivity contribution < 1.29 is 18.3 Å². The molecule has 0 fully saturated rings. The summed E-state index contributed by atoms with van der Waals surface area (Å²) in [7, 11) is -3.49. The number of halogens is 1. The number of aliphatic hydroxyl groups is 1. The van der Waals surface area contributed by atoms with Gasteiger partial charge >= 0.3 is 0 Å². The van der Waals surface area contributed by atoms with Crippen molar-refractivity contribution in [2.24, 2.45) is 0 Å². The molecule has 0 saturated carbocycles. The second-order valence-electron chi connectivity index (χ2n) is 6.55. The van der Waals surface area contributed by atoms with Crippen LogP contribution in [0.25, 0.3) is 0 Å². The summed E-state index contributed by atoms with van der Waals surface area (Å²) in [5.74, 6) is 0. The number of benzene rings is 1. The van der Waals surface area contributed by atoms with Crippen LogP contribution in [0, 0.1) is 0 Å². The van der Waals surface area contributed by atoms with Crippen molar-refractivity contribution in [3.05, 3.63) is 53.3 Å². The lowest BCUT2D eigenvalue weighted by Gasteiger charge is -2.26. The van der Waals surface area contributed by atoms with E-state index in [1.807, 2.05) is 0 Å². The van der Waals surface area contributed by atoms with Crippen LogP contribution in [0.1, 0.15) is 26.3 Å². The van der Waals surface area contributed by atoms with E-state index in [1.165, 1.54) is 18.0 Å². The van der Waals surface area contributed by atoms with Crippen LogP contribution >= 0.6 is 11.6 Å². The number of nitrogens with one attached hydrogen (secondary N) is 1. The van der Waals surface area contributed by atoms with Gasteiger partial charge in [-0.05, 0) is 50.6 Å². The molecule has 2 rings (SSSR count). The lowest BCUT2D eigenvalue weighted by atomic mass is 9.96. The van der Waals surface area contributed by atoms with E-state index in [0.29, 0.717) is 28.5 Å². The summed E-state index contributed by atoms with van der Waals surface area (Å²) in [5, 5.41) is 10.4. The largest absolute Gasteiger partial charge is 0.384 e. The molecule has 2 N–H and O–H groups in total. The second-order valence-corrected chi connectivity index (χ2v) is 9.26. The van der Waals surface area contributed by atoms with E-state index in [9.17, 15) is 18.3 Å². The average molecular weight is 412 g/mol. The summed E-state index contributed by atoms with van der Waals surface area (Å²) in [6.45, 7) is 4.48. The predicted octanol–water partition coefficient (Wildman–Crippen LogP) is 2.56. The molecule has 0 aliphatic rings. The minimum absolute atomic E-state index is 0.161. The van der Waals surface area contributed by atoms with E-state index in [1.54, 1.807) is 50.2 Å². The van der Waals surface area contributed by atoms with Crippen LogP contribution in [0.5, 0.6) is 0 Å². The monoisotopic (exact) mass is 411 g/mol. The third-order valence-corrected chi connectivity index (χ3v) is 6.11. The maximum Gasteiger partial charge on any atom is 0.218 e. The molecule has 0 aliphatic heterocycles. The van der Waals surface area contributed by atoms with Crippen molar-refractivity contribution >= 4 is 39.4 Å². The zero-order chi connectivity index (χ0) is 20.2. The van der Waals surface area contributed by atoms with Gasteiger partial charge < -0.3 is 5.11 Å². The number of amides is 1. The van der Waals surface area contributed by atoms with Gasteiger partial charge in [-0.15, -0.1) is 0 Å². The first-order chi connectivity index (χ1) is 12.6. The number of nitrogens with zero attached hydrogens (tertiary/aromatic N) is 2. The van der Waals surface area contributed by atoms with Gasteiger partial charge in [0.05, 0.1) is 17.1 Å². The Hall–Kier alpha value is -2.00. The lowest BCUT2D eigenvalue weighted by Crippen LogP contribution is -2.41. The van der Waals surface area contributed by atoms with Crippen LogP contribution in [0.3, 0.4) is 0 Å². The standard InChI is InChI=1S/C18H22ClN3O4S/c1-13(2)27(25,26)21-11-18(3,24)14-4-6-15(7-5-14)22(12-23)16-8-9-17(19)20-10-16/h4-10,12-13,21,24H,11H2,1-3H3. The van der Waals surface area contributed by atoms with Crippen molar-refractivity contribution in [3.63, 3.8) is 0 Å². The molecule has 1 amide bonds. The molecule has 0 saturated heterocycles. The van der Waals surface area contributed by atoms with Crippen molar-refractivity contribution in [3.8, 4) is 0 Å². The number of carbonyl (C=O) groups excluding carboxylic acids is 1. The molecular weight excluding hydrogens is 390 g/mol. The number of pyridine rings is 1. The third kappa shape index (κ3) is 5.26. The van der Waals surface area contributed by atoms with Gasteiger partial charge in [-0.25, -0.2) is 18.1 Å². The van der Waals surface area contributed by atoms with Gasteiger partial charge in [-0.2, -0.15) is 0 Å². The van der Waals surface area contributed by atoms with Crippen molar-refractivity contribution in [1.82, 2.24) is 9.71 Å². The number of hydrogen-bond acceptors (Lipinski definition) is 5. The highest BCUT2D eigenvalue weighted by atomic mass is 35.5. The number of aromatic nitrogens is 1. The van der Waals surface area contributed by atoms with Crippen molar-refractivity contribution in [1.29, 1.82) is 0 Å². The van der Waals surface area contributed by atoms with Gasteiger partial charge in [-0.1, -0.05) is 23.7 Å². The Balaban J connectivity index is 2.19. The minimum Gasteiger partial charge on any atom is -0.384 e. The summed E-state index contributed by atoms with van der Waals surface area (Å²) in [6.07, 6.45) is 2.12. The number of hydrogen-bond donors (Lipinski definition) is 2. The van der Waals surface area contributed by atoms with Gasteiger partial charge in [0.15, 0.2) is 0 Å². The van der Waals surface area contributed by atoms with Gasteiger partial charge in [-0.3, -0.25) is 9.69 Å². The number of sulfonamides is 1. The Morgan fingerprint density at radius 1 is 1.22 bits per heavy atom. The topological polar surface area (TPSA) is 99.6 Å². The Morgan fingerprint density at radius 3 is 2.30 bits per heavy atom. The van der Waals surface area contributed by atoms with Gasteiger partial charge in [0.2, 0.25) is 16.4 Å². The Kier molecular flexibility index (Phi) is 6.59. The maximum atomic E-state index is 11.9. The highest BCUT2D eigenvalue weighted by Crippen LogP contribution is 2.27. The number of rotatable bonds is 8. The van der Waals surface area contributed by atoms with Crippen LogP contribution in [0.2, 0.25) is 5.15 Å². The molecule has 1 unspecified atom stereocenters. The lowest BCUT2D eigenvalue weighted by molar-refractivity contribution is -0.106. The SMILES string of the molecule is CC(C)S(=O)(=O)NCC(C)(O)c1ccc(N(C=O)c2ccc(Cl)nc2)cc1. The fourth-order valence-electron chi connectivity index (χ4n) is 2.27. The maximum absolute atomic E-state index is 11.9. The number of anilines is 2. The van der Waals surface area contributed by atoms with Crippen LogP contribution in [0.15, 0.2) is 42.6 Å². The minimum atomic E-state index is -3.49. The molecule has 0 radical (unpaired) electrons. The van der Waals surface area contributed by atoms with Gasteiger partial charge in [0, 0.05) is 12.2 Å². The van der Waals surface area contributed by atoms with E-state index in [-0.39, 0.29) is 6.54 Å². The first-order valence-electron chi connectivity index (χ1n) is 8.24. The second kappa shape index (κ2) is 8.35. The summed E-state index contributed by atoms with van der Waals surface area (Å²) in [6, 6.07) is 9.83. The molecule has 27 heavy (non-hydrogen) atoms. The zero-order valence-corrected chi connectivity index (χ0v) is 16.8. The molecule has 1 heterocycles. The summed E-state index contributed by atoms with van der Waals surface area (Å²) in [4.78, 5) is 16.8. The first kappa shape index (κ1) is 21.3. The molecule has 9 heteroatoms. The smallest absolute Gasteiger partial charge is 0.218 e. The molecular formula is C18H22ClN3O4S. The molecule has 1 atom stereocenters. The molecule has 0 spiro atoms. The highest BCUT2D eigenvalue weighted by Gasteiger charge is 2.27. The van der Waals surface area contributed by atoms with Crippen molar-refractivity contribution in [2.45, 2.75) is 31.6 Å². The van der Waals surface area contributed by atoms with Gasteiger partial charge in [0.1, 0.15) is 10.8 Å². The van der Waals surface area contributed by atoms with Crippen LogP contribution in [-0.2, 0) is 20.4 Å². The van der Waals surface area contributed by atoms with Crippen LogP contribution in [0.4, 0.5) is 11.4 Å². The zero-order valence-electron chi connectivity index (χ0n) is 15.3. The Bertz CT molecular complexity index is 882. The quantitative estimate of drug-likeness (QED) is 0.513. The molecule has 1 aromatic carbocycles. The molecule has 1 aromatic heterocycles. The van der Waals surface area contributed by atoms with Crippen LogP contribution in [-0.4, -0.2) is 36.7 Å². The summed E-state index contributed by atoms with van der Waals surface area (Å²) >= 11 is 5.76. The fourth-order valence-corrected chi connectivity index (χ4v) is 3.20. The van der Waals surface area contributed by atoms with Crippen molar-refractivity contribution in [2.75, 3.05) is 11.4 Å². The summed E-state index contributed by atoms with van der Waals surface area (Å²) in [5.41, 5.74) is 0.210. The third-order valence-electron chi connectivity index (χ3n) is 4.10. The Labute approximate surface area is 164 Å². The number of carbonyl (C=O) groups is 1. The molecule has 7 nitrogen and oxygen atoms in total. The van der Waals surface area contributed by atoms with E-state index in [2.05, 4.69) is 9.71 Å². The predicted molar refractivity (Wildman–Crippen MR) is 106 cm³/mol. The molecule has 2 aromatic rings. The Morgan fingerprint density at radius 2 is 1.81 bits per heavy atom. The van der Waals surface area contributed by atoms with Gasteiger partial charge in [0.25, 0.3) is 0 Å². The molecule has 146 valence electrons. The molecule has 0 bridgehead atoms. The average Bonchev–Trinajstić information content (AvgIpc) is 2.63. The van der Waals surface area contributed by atoms with E-state index >= 15 is 0 Å².